The fraction of sp³-hybridized carbons (Fsp3) is 0.625. The van der Waals surface area contributed by atoms with E-state index in [1.54, 1.807) is 6.26 Å². The van der Waals surface area contributed by atoms with Gasteiger partial charge < -0.3 is 5.32 Å². The Kier molecular flexibility index (Phi) is 3.58. The molecule has 1 fully saturated rings. The van der Waals surface area contributed by atoms with E-state index in [4.69, 9.17) is 11.2 Å². The van der Waals surface area contributed by atoms with Gasteiger partial charge in [-0.15, -0.1) is 0 Å². The molecular weight excluding hydrogens is 204 g/mol. The van der Waals surface area contributed by atoms with Crippen LogP contribution >= 0.6 is 0 Å². The molecule has 0 aromatic rings. The third-order valence-electron chi connectivity index (χ3n) is 1.82. The Labute approximate surface area is 84.0 Å². The van der Waals surface area contributed by atoms with Crippen molar-refractivity contribution in [3.05, 3.63) is 11.6 Å². The van der Waals surface area contributed by atoms with E-state index in [-0.39, 0.29) is 5.88 Å². The molecule has 13 heavy (non-hydrogen) atoms. The van der Waals surface area contributed by atoms with Crippen molar-refractivity contribution >= 4 is 25.4 Å². The molecule has 0 aliphatic carbocycles. The van der Waals surface area contributed by atoms with Crippen LogP contribution in [0.2, 0.25) is 0 Å². The minimum atomic E-state index is -2.15. The molecule has 1 heterocycles. The maximum absolute atomic E-state index is 11.2. The van der Waals surface area contributed by atoms with Crippen LogP contribution in [0.25, 0.3) is 0 Å². The van der Waals surface area contributed by atoms with Crippen LogP contribution < -0.4 is 5.32 Å². The Morgan fingerprint density at radius 2 is 2.38 bits per heavy atom. The van der Waals surface area contributed by atoms with Gasteiger partial charge in [0, 0.05) is 27.8 Å². The lowest BCUT2D eigenvalue weighted by atomic mass is 10.2. The first-order valence-corrected chi connectivity index (χ1v) is 7.16. The zero-order valence-electron chi connectivity index (χ0n) is 7.87. The first-order valence-electron chi connectivity index (χ1n) is 4.10. The lowest BCUT2D eigenvalue weighted by Gasteiger charge is -1.98. The van der Waals surface area contributed by atoms with E-state index in [0.717, 1.165) is 18.8 Å². The molecule has 1 aliphatic heterocycles. The Hall–Kier alpha value is -0.260. The molecule has 0 amide bonds. The predicted molar refractivity (Wildman–Crippen MR) is 60.4 cm³/mol. The summed E-state index contributed by atoms with van der Waals surface area (Å²) in [6.07, 6.45) is 3.59. The van der Waals surface area contributed by atoms with E-state index >= 15 is 0 Å². The van der Waals surface area contributed by atoms with Crippen LogP contribution in [-0.2, 0) is 19.7 Å². The van der Waals surface area contributed by atoms with E-state index in [1.807, 2.05) is 13.0 Å². The van der Waals surface area contributed by atoms with Gasteiger partial charge in [0.05, 0.1) is 5.71 Å². The second-order valence-corrected chi connectivity index (χ2v) is 7.30. The van der Waals surface area contributed by atoms with Gasteiger partial charge in [-0.3, -0.25) is 9.20 Å². The van der Waals surface area contributed by atoms with Crippen LogP contribution in [-0.4, -0.2) is 35.1 Å². The SMILES string of the molecule is C/C=C1/CNCC1=NCS(C)(=O)=S. The van der Waals surface area contributed by atoms with Crippen molar-refractivity contribution in [3.8, 4) is 0 Å². The number of nitrogens with zero attached hydrogens (tertiary/aromatic N) is 1. The van der Waals surface area contributed by atoms with Gasteiger partial charge in [0.2, 0.25) is 0 Å². The van der Waals surface area contributed by atoms with Crippen LogP contribution in [0.15, 0.2) is 16.6 Å². The fourth-order valence-electron chi connectivity index (χ4n) is 1.15. The van der Waals surface area contributed by atoms with Crippen molar-refractivity contribution in [1.29, 1.82) is 0 Å². The van der Waals surface area contributed by atoms with Crippen molar-refractivity contribution in [2.24, 2.45) is 4.99 Å². The highest BCUT2D eigenvalue weighted by atomic mass is 32.8. The summed E-state index contributed by atoms with van der Waals surface area (Å²) in [4.78, 5) is 4.25. The molecule has 1 aliphatic rings. The zero-order chi connectivity index (χ0) is 9.90. The Balaban J connectivity index is 2.72. The zero-order valence-corrected chi connectivity index (χ0v) is 9.50. The fourth-order valence-corrected chi connectivity index (χ4v) is 1.70. The van der Waals surface area contributed by atoms with E-state index in [2.05, 4.69) is 10.3 Å². The van der Waals surface area contributed by atoms with Crippen molar-refractivity contribution < 1.29 is 4.21 Å². The monoisotopic (exact) mass is 218 g/mol. The first-order chi connectivity index (χ1) is 6.03. The van der Waals surface area contributed by atoms with Gasteiger partial charge in [-0.05, 0) is 23.7 Å². The maximum atomic E-state index is 11.2. The average Bonchev–Trinajstić information content (AvgIpc) is 2.46. The van der Waals surface area contributed by atoms with E-state index in [9.17, 15) is 4.21 Å². The molecule has 1 rings (SSSR count). The van der Waals surface area contributed by atoms with Crippen molar-refractivity contribution in [1.82, 2.24) is 5.32 Å². The predicted octanol–water partition coefficient (Wildman–Crippen LogP) is 0.311. The third-order valence-corrected chi connectivity index (χ3v) is 2.73. The number of hydrogen-bond donors (Lipinski definition) is 1. The van der Waals surface area contributed by atoms with E-state index < -0.39 is 8.49 Å². The normalized spacial score (nSPS) is 28.2. The molecule has 74 valence electrons. The number of allylic oxidation sites excluding steroid dienone is 1. The summed E-state index contributed by atoms with van der Waals surface area (Å²) in [6, 6.07) is 0. The summed E-state index contributed by atoms with van der Waals surface area (Å²) in [6.45, 7) is 3.61. The first kappa shape index (κ1) is 10.8. The Morgan fingerprint density at radius 1 is 1.69 bits per heavy atom. The molecule has 0 spiro atoms. The van der Waals surface area contributed by atoms with Crippen LogP contribution in [0.1, 0.15) is 6.92 Å². The van der Waals surface area contributed by atoms with Gasteiger partial charge in [0.25, 0.3) is 0 Å². The molecule has 0 radical (unpaired) electrons. The summed E-state index contributed by atoms with van der Waals surface area (Å²) in [5, 5.41) is 3.18. The summed E-state index contributed by atoms with van der Waals surface area (Å²) < 4.78 is 11.2. The second-order valence-electron chi connectivity index (χ2n) is 3.08. The molecule has 1 N–H and O–H groups in total. The van der Waals surface area contributed by atoms with Gasteiger partial charge in [0.1, 0.15) is 5.88 Å². The number of aliphatic imine (C=N–C) groups is 1. The topological polar surface area (TPSA) is 41.5 Å². The summed E-state index contributed by atoms with van der Waals surface area (Å²) in [7, 11) is -2.15. The van der Waals surface area contributed by atoms with Gasteiger partial charge in [-0.1, -0.05) is 6.08 Å². The molecule has 0 aromatic heterocycles. The molecule has 1 unspecified atom stereocenters. The number of nitrogens with one attached hydrogen (secondary N) is 1. The lowest BCUT2D eigenvalue weighted by molar-refractivity contribution is 0.685. The molecular formula is C8H14N2OS2. The quantitative estimate of drug-likeness (QED) is 0.725. The Morgan fingerprint density at radius 3 is 2.92 bits per heavy atom. The van der Waals surface area contributed by atoms with Gasteiger partial charge in [-0.2, -0.15) is 0 Å². The average molecular weight is 218 g/mol. The van der Waals surface area contributed by atoms with Crippen LogP contribution in [0.3, 0.4) is 0 Å². The Bertz CT molecular complexity index is 341. The highest BCUT2D eigenvalue weighted by Crippen LogP contribution is 2.04. The van der Waals surface area contributed by atoms with Crippen LogP contribution in [0.4, 0.5) is 0 Å². The number of rotatable bonds is 2. The third kappa shape index (κ3) is 3.54. The number of hydrogen-bond acceptors (Lipinski definition) is 4. The summed E-state index contributed by atoms with van der Waals surface area (Å²) in [5.74, 6) is 0.261. The highest BCUT2D eigenvalue weighted by Gasteiger charge is 2.13. The van der Waals surface area contributed by atoms with Crippen LogP contribution in [0.5, 0.6) is 0 Å². The maximum Gasteiger partial charge on any atom is 0.116 e. The molecule has 1 saturated heterocycles. The molecule has 5 heteroatoms. The smallest absolute Gasteiger partial charge is 0.116 e. The minimum absolute atomic E-state index is 0.261. The van der Waals surface area contributed by atoms with Gasteiger partial charge >= 0.3 is 0 Å². The van der Waals surface area contributed by atoms with Gasteiger partial charge in [-0.25, -0.2) is 0 Å². The summed E-state index contributed by atoms with van der Waals surface area (Å²) in [5.41, 5.74) is 2.19. The standard InChI is InChI=1S/C8H14N2OS2/c1-3-7-4-9-5-8(7)10-6-13(2,11)12/h3,9H,4-6H2,1-2H3/b7-3-,10-8?. The van der Waals surface area contributed by atoms with Crippen molar-refractivity contribution in [3.63, 3.8) is 0 Å². The van der Waals surface area contributed by atoms with E-state index in [1.165, 1.54) is 5.57 Å². The lowest BCUT2D eigenvalue weighted by Crippen LogP contribution is -2.10. The molecule has 0 aromatic carbocycles. The van der Waals surface area contributed by atoms with E-state index in [0.29, 0.717) is 0 Å². The van der Waals surface area contributed by atoms with Crippen LogP contribution in [0, 0.1) is 0 Å². The van der Waals surface area contributed by atoms with Crippen molar-refractivity contribution in [2.45, 2.75) is 6.92 Å². The molecule has 0 bridgehead atoms. The molecule has 1 atom stereocenters. The highest BCUT2D eigenvalue weighted by molar-refractivity contribution is 8.32. The largest absolute Gasteiger partial charge is 0.307 e. The van der Waals surface area contributed by atoms with Gasteiger partial charge in [0.15, 0.2) is 0 Å². The second kappa shape index (κ2) is 4.30. The molecule has 3 nitrogen and oxygen atoms in total. The summed E-state index contributed by atoms with van der Waals surface area (Å²) >= 11 is 4.78. The van der Waals surface area contributed by atoms with Crippen molar-refractivity contribution in [2.75, 3.05) is 25.2 Å². The molecule has 0 saturated carbocycles. The minimum Gasteiger partial charge on any atom is -0.307 e.